The second kappa shape index (κ2) is 8.63. The summed E-state index contributed by atoms with van der Waals surface area (Å²) >= 11 is 3.51. The van der Waals surface area contributed by atoms with Crippen LogP contribution in [0.3, 0.4) is 0 Å². The second-order valence-electron chi connectivity index (χ2n) is 5.55. The fraction of sp³-hybridized carbons (Fsp3) is 0.0952. The largest absolute Gasteiger partial charge is 0.493 e. The zero-order valence-corrected chi connectivity index (χ0v) is 15.7. The molecule has 0 N–H and O–H groups in total. The molecule has 3 rings (SSSR count). The van der Waals surface area contributed by atoms with Gasteiger partial charge in [-0.2, -0.15) is 0 Å². The first-order valence-corrected chi connectivity index (χ1v) is 8.79. The van der Waals surface area contributed by atoms with Crippen molar-refractivity contribution in [3.8, 4) is 11.5 Å². The lowest BCUT2D eigenvalue weighted by Crippen LogP contribution is -2.00. The highest BCUT2D eigenvalue weighted by Gasteiger charge is 2.11. The van der Waals surface area contributed by atoms with Gasteiger partial charge >= 0.3 is 0 Å². The fourth-order valence-electron chi connectivity index (χ4n) is 2.40. The van der Waals surface area contributed by atoms with Gasteiger partial charge in [-0.1, -0.05) is 30.3 Å². The maximum atomic E-state index is 13.3. The van der Waals surface area contributed by atoms with Crippen molar-refractivity contribution in [2.75, 3.05) is 7.11 Å². The summed E-state index contributed by atoms with van der Waals surface area (Å²) in [4.78, 5) is 4.44. The molecule has 0 unspecified atom stereocenters. The van der Waals surface area contributed by atoms with Gasteiger partial charge in [0.15, 0.2) is 11.5 Å². The third kappa shape index (κ3) is 4.70. The Labute approximate surface area is 160 Å². The maximum Gasteiger partial charge on any atom is 0.175 e. The summed E-state index contributed by atoms with van der Waals surface area (Å²) in [6.45, 7) is 0.240. The topological polar surface area (TPSA) is 30.8 Å². The van der Waals surface area contributed by atoms with Crippen LogP contribution in [0.25, 0.3) is 0 Å². The lowest BCUT2D eigenvalue weighted by atomic mass is 10.2. The van der Waals surface area contributed by atoms with Crippen LogP contribution in [0.15, 0.2) is 76.2 Å². The Hall–Kier alpha value is -2.66. The third-order valence-corrected chi connectivity index (χ3v) is 4.23. The average Bonchev–Trinajstić information content (AvgIpc) is 2.66. The van der Waals surface area contributed by atoms with Crippen molar-refractivity contribution in [1.82, 2.24) is 0 Å². The molecule has 3 nitrogen and oxygen atoms in total. The number of para-hydroxylation sites is 1. The first-order chi connectivity index (χ1) is 12.7. The molecule has 26 heavy (non-hydrogen) atoms. The number of rotatable bonds is 6. The van der Waals surface area contributed by atoms with E-state index in [2.05, 4.69) is 20.9 Å². The van der Waals surface area contributed by atoms with E-state index in [-0.39, 0.29) is 12.4 Å². The highest BCUT2D eigenvalue weighted by Crippen LogP contribution is 2.37. The number of hydrogen-bond acceptors (Lipinski definition) is 3. The van der Waals surface area contributed by atoms with Crippen molar-refractivity contribution in [1.29, 1.82) is 0 Å². The first kappa shape index (κ1) is 18.1. The lowest BCUT2D eigenvalue weighted by Gasteiger charge is -2.13. The van der Waals surface area contributed by atoms with Gasteiger partial charge in [0, 0.05) is 6.21 Å². The first-order valence-electron chi connectivity index (χ1n) is 7.99. The second-order valence-corrected chi connectivity index (χ2v) is 6.40. The minimum atomic E-state index is -0.287. The van der Waals surface area contributed by atoms with Crippen molar-refractivity contribution in [2.24, 2.45) is 4.99 Å². The molecule has 0 radical (unpaired) electrons. The van der Waals surface area contributed by atoms with Gasteiger partial charge in [-0.3, -0.25) is 4.99 Å². The van der Waals surface area contributed by atoms with Crippen LogP contribution >= 0.6 is 15.9 Å². The summed E-state index contributed by atoms with van der Waals surface area (Å²) in [5.74, 6) is 0.850. The predicted octanol–water partition coefficient (Wildman–Crippen LogP) is 5.93. The number of ether oxygens (including phenoxy) is 2. The van der Waals surface area contributed by atoms with Crippen LogP contribution in [0.2, 0.25) is 0 Å². The molecule has 0 amide bonds. The standard InChI is InChI=1S/C21H17BrFNO2/c1-25-20-12-16(13-24-18-8-3-2-4-9-18)11-19(22)21(20)26-14-15-6-5-7-17(23)10-15/h2-13H,14H2,1H3. The number of benzene rings is 3. The molecule has 0 saturated heterocycles. The van der Waals surface area contributed by atoms with E-state index >= 15 is 0 Å². The highest BCUT2D eigenvalue weighted by atomic mass is 79.9. The molecule has 3 aromatic rings. The number of halogens is 2. The van der Waals surface area contributed by atoms with Crippen LogP contribution in [0.5, 0.6) is 11.5 Å². The number of aliphatic imine (C=N–C) groups is 1. The van der Waals surface area contributed by atoms with Crippen molar-refractivity contribution in [3.63, 3.8) is 0 Å². The molecule has 0 aliphatic carbocycles. The lowest BCUT2D eigenvalue weighted by molar-refractivity contribution is 0.282. The van der Waals surface area contributed by atoms with Crippen LogP contribution in [-0.4, -0.2) is 13.3 Å². The Kier molecular flexibility index (Phi) is 6.02. The van der Waals surface area contributed by atoms with E-state index in [1.807, 2.05) is 48.5 Å². The molecule has 0 heterocycles. The summed E-state index contributed by atoms with van der Waals surface area (Å²) in [5, 5.41) is 0. The maximum absolute atomic E-state index is 13.3. The molecule has 0 aliphatic heterocycles. The SMILES string of the molecule is COc1cc(C=Nc2ccccc2)cc(Br)c1OCc1cccc(F)c1. The van der Waals surface area contributed by atoms with Gasteiger partial charge in [0.05, 0.1) is 17.3 Å². The van der Waals surface area contributed by atoms with Crippen LogP contribution in [-0.2, 0) is 6.61 Å². The molecule has 0 saturated carbocycles. The van der Waals surface area contributed by atoms with Crippen LogP contribution < -0.4 is 9.47 Å². The number of methoxy groups -OCH3 is 1. The number of nitrogens with zero attached hydrogens (tertiary/aromatic N) is 1. The molecular weight excluding hydrogens is 397 g/mol. The average molecular weight is 414 g/mol. The minimum Gasteiger partial charge on any atom is -0.493 e. The molecule has 3 aromatic carbocycles. The molecule has 0 aliphatic rings. The van der Waals surface area contributed by atoms with Crippen LogP contribution in [0, 0.1) is 5.82 Å². The Bertz CT molecular complexity index is 913. The fourth-order valence-corrected chi connectivity index (χ4v) is 2.97. The van der Waals surface area contributed by atoms with E-state index in [1.165, 1.54) is 12.1 Å². The Morgan fingerprint density at radius 3 is 2.58 bits per heavy atom. The van der Waals surface area contributed by atoms with Crippen molar-refractivity contribution < 1.29 is 13.9 Å². The Morgan fingerprint density at radius 2 is 1.85 bits per heavy atom. The van der Waals surface area contributed by atoms with E-state index < -0.39 is 0 Å². The van der Waals surface area contributed by atoms with Crippen molar-refractivity contribution in [3.05, 3.63) is 88.1 Å². The smallest absolute Gasteiger partial charge is 0.175 e. The molecule has 0 fully saturated rings. The van der Waals surface area contributed by atoms with E-state index in [4.69, 9.17) is 9.47 Å². The Balaban J connectivity index is 1.79. The van der Waals surface area contributed by atoms with E-state index in [0.717, 1.165) is 21.3 Å². The van der Waals surface area contributed by atoms with Crippen molar-refractivity contribution in [2.45, 2.75) is 6.61 Å². The Morgan fingerprint density at radius 1 is 1.04 bits per heavy atom. The summed E-state index contributed by atoms with van der Waals surface area (Å²) < 4.78 is 25.3. The van der Waals surface area contributed by atoms with Gasteiger partial charge in [0.25, 0.3) is 0 Å². The molecule has 0 atom stereocenters. The third-order valence-electron chi connectivity index (χ3n) is 3.64. The zero-order valence-electron chi connectivity index (χ0n) is 14.2. The van der Waals surface area contributed by atoms with Gasteiger partial charge in [-0.15, -0.1) is 0 Å². The monoisotopic (exact) mass is 413 g/mol. The van der Waals surface area contributed by atoms with Gasteiger partial charge in [-0.25, -0.2) is 4.39 Å². The quantitative estimate of drug-likeness (QED) is 0.469. The molecule has 0 spiro atoms. The van der Waals surface area contributed by atoms with E-state index in [1.54, 1.807) is 19.4 Å². The molecule has 5 heteroatoms. The van der Waals surface area contributed by atoms with Gasteiger partial charge in [0.2, 0.25) is 0 Å². The summed E-state index contributed by atoms with van der Waals surface area (Å²) in [5.41, 5.74) is 2.48. The molecule has 0 bridgehead atoms. The normalized spacial score (nSPS) is 10.9. The van der Waals surface area contributed by atoms with Gasteiger partial charge in [0.1, 0.15) is 12.4 Å². The predicted molar refractivity (Wildman–Crippen MR) is 105 cm³/mol. The summed E-state index contributed by atoms with van der Waals surface area (Å²) in [6.07, 6.45) is 1.76. The molecule has 0 aromatic heterocycles. The van der Waals surface area contributed by atoms with E-state index in [0.29, 0.717) is 11.5 Å². The number of hydrogen-bond donors (Lipinski definition) is 0. The highest BCUT2D eigenvalue weighted by molar-refractivity contribution is 9.10. The van der Waals surface area contributed by atoms with Crippen molar-refractivity contribution >= 4 is 27.8 Å². The van der Waals surface area contributed by atoms with Crippen LogP contribution in [0.4, 0.5) is 10.1 Å². The zero-order chi connectivity index (χ0) is 18.4. The van der Waals surface area contributed by atoms with Gasteiger partial charge in [-0.05, 0) is 63.5 Å². The minimum absolute atomic E-state index is 0.240. The summed E-state index contributed by atoms with van der Waals surface area (Å²) in [7, 11) is 1.58. The summed E-state index contributed by atoms with van der Waals surface area (Å²) in [6, 6.07) is 19.7. The van der Waals surface area contributed by atoms with Gasteiger partial charge < -0.3 is 9.47 Å². The van der Waals surface area contributed by atoms with Crippen LogP contribution in [0.1, 0.15) is 11.1 Å². The molecular formula is C21H17BrFNO2. The van der Waals surface area contributed by atoms with E-state index in [9.17, 15) is 4.39 Å². The molecule has 132 valence electrons.